The summed E-state index contributed by atoms with van der Waals surface area (Å²) in [7, 11) is 0. The first-order chi connectivity index (χ1) is 8.81. The van der Waals surface area contributed by atoms with Gasteiger partial charge in [0, 0.05) is 19.3 Å². The van der Waals surface area contributed by atoms with Gasteiger partial charge in [-0.1, -0.05) is 13.0 Å². The molecule has 1 aromatic rings. The number of carbonyl (C=O) groups is 1. The zero-order chi connectivity index (χ0) is 12.8. The third-order valence-electron chi connectivity index (χ3n) is 3.08. The minimum Gasteiger partial charge on any atom is -0.349 e. The van der Waals surface area contributed by atoms with E-state index in [1.807, 2.05) is 18.3 Å². The molecule has 0 atom stereocenters. The molecule has 0 bridgehead atoms. The Balaban J connectivity index is 1.74. The number of nitrogens with zero attached hydrogens (tertiary/aromatic N) is 1. The monoisotopic (exact) mass is 247 g/mol. The largest absolute Gasteiger partial charge is 0.349 e. The Hall–Kier alpha value is -1.42. The molecule has 2 rings (SSSR count). The number of nitrogens with one attached hydrogen (secondary N) is 2. The quantitative estimate of drug-likeness (QED) is 0.721. The van der Waals surface area contributed by atoms with Crippen LogP contribution in [-0.2, 0) is 0 Å². The van der Waals surface area contributed by atoms with Crippen LogP contribution >= 0.6 is 0 Å². The van der Waals surface area contributed by atoms with Gasteiger partial charge in [0.05, 0.1) is 0 Å². The Morgan fingerprint density at radius 1 is 1.33 bits per heavy atom. The first kappa shape index (κ1) is 13.0. The maximum Gasteiger partial charge on any atom is 0.269 e. The summed E-state index contributed by atoms with van der Waals surface area (Å²) in [5.74, 6) is 0.600. The van der Waals surface area contributed by atoms with E-state index in [2.05, 4.69) is 22.5 Å². The van der Waals surface area contributed by atoms with Gasteiger partial charge in [0.1, 0.15) is 5.69 Å². The zero-order valence-corrected chi connectivity index (χ0v) is 10.9. The molecule has 0 unspecified atom stereocenters. The molecule has 0 saturated heterocycles. The molecule has 1 fully saturated rings. The van der Waals surface area contributed by atoms with Crippen LogP contribution in [0.4, 0.5) is 0 Å². The molecule has 0 spiro atoms. The van der Waals surface area contributed by atoms with Gasteiger partial charge in [-0.05, 0) is 43.4 Å². The lowest BCUT2D eigenvalue weighted by Gasteiger charge is -2.06. The van der Waals surface area contributed by atoms with E-state index >= 15 is 0 Å². The van der Waals surface area contributed by atoms with Gasteiger partial charge in [-0.15, -0.1) is 0 Å². The molecule has 1 aliphatic carbocycles. The SMILES string of the molecule is CCCNCCNC(=O)c1ccc(C2CC2)cn1. The lowest BCUT2D eigenvalue weighted by atomic mass is 10.2. The summed E-state index contributed by atoms with van der Waals surface area (Å²) < 4.78 is 0. The summed E-state index contributed by atoms with van der Waals surface area (Å²) in [5.41, 5.74) is 1.77. The molecule has 0 radical (unpaired) electrons. The summed E-state index contributed by atoms with van der Waals surface area (Å²) in [6, 6.07) is 3.84. The van der Waals surface area contributed by atoms with E-state index in [1.165, 1.54) is 18.4 Å². The van der Waals surface area contributed by atoms with Gasteiger partial charge in [-0.3, -0.25) is 9.78 Å². The van der Waals surface area contributed by atoms with Crippen molar-refractivity contribution in [1.82, 2.24) is 15.6 Å². The van der Waals surface area contributed by atoms with E-state index in [9.17, 15) is 4.79 Å². The molecule has 2 N–H and O–H groups in total. The van der Waals surface area contributed by atoms with Crippen molar-refractivity contribution in [3.05, 3.63) is 29.6 Å². The van der Waals surface area contributed by atoms with Gasteiger partial charge in [-0.2, -0.15) is 0 Å². The molecule has 1 aliphatic rings. The Bertz CT molecular complexity index is 385. The van der Waals surface area contributed by atoms with Crippen molar-refractivity contribution in [2.75, 3.05) is 19.6 Å². The first-order valence-electron chi connectivity index (χ1n) is 6.76. The molecule has 98 valence electrons. The van der Waals surface area contributed by atoms with Gasteiger partial charge in [0.2, 0.25) is 0 Å². The lowest BCUT2D eigenvalue weighted by molar-refractivity contribution is 0.0949. The van der Waals surface area contributed by atoms with E-state index in [0.717, 1.165) is 19.5 Å². The first-order valence-corrected chi connectivity index (χ1v) is 6.76. The van der Waals surface area contributed by atoms with Gasteiger partial charge in [0.15, 0.2) is 0 Å². The van der Waals surface area contributed by atoms with Crippen molar-refractivity contribution in [1.29, 1.82) is 0 Å². The Morgan fingerprint density at radius 2 is 2.17 bits per heavy atom. The highest BCUT2D eigenvalue weighted by Crippen LogP contribution is 2.39. The van der Waals surface area contributed by atoms with Crippen molar-refractivity contribution in [3.63, 3.8) is 0 Å². The third kappa shape index (κ3) is 3.81. The second-order valence-electron chi connectivity index (χ2n) is 4.76. The van der Waals surface area contributed by atoms with Gasteiger partial charge >= 0.3 is 0 Å². The molecular weight excluding hydrogens is 226 g/mol. The fourth-order valence-corrected chi connectivity index (χ4v) is 1.85. The van der Waals surface area contributed by atoms with Crippen molar-refractivity contribution in [2.45, 2.75) is 32.1 Å². The second-order valence-corrected chi connectivity index (χ2v) is 4.76. The molecule has 4 nitrogen and oxygen atoms in total. The highest BCUT2D eigenvalue weighted by Gasteiger charge is 2.23. The minimum absolute atomic E-state index is 0.0874. The van der Waals surface area contributed by atoms with Gasteiger partial charge in [0.25, 0.3) is 5.91 Å². The van der Waals surface area contributed by atoms with Crippen LogP contribution in [0.2, 0.25) is 0 Å². The average molecular weight is 247 g/mol. The van der Waals surface area contributed by atoms with Crippen molar-refractivity contribution < 1.29 is 4.79 Å². The molecule has 4 heteroatoms. The second kappa shape index (κ2) is 6.50. The van der Waals surface area contributed by atoms with Crippen molar-refractivity contribution >= 4 is 5.91 Å². The molecule has 18 heavy (non-hydrogen) atoms. The fraction of sp³-hybridized carbons (Fsp3) is 0.571. The van der Waals surface area contributed by atoms with E-state index in [1.54, 1.807) is 0 Å². The summed E-state index contributed by atoms with van der Waals surface area (Å²) in [4.78, 5) is 16.0. The number of amides is 1. The summed E-state index contributed by atoms with van der Waals surface area (Å²) in [6.07, 6.45) is 5.46. The highest BCUT2D eigenvalue weighted by molar-refractivity contribution is 5.92. The minimum atomic E-state index is -0.0874. The standard InChI is InChI=1S/C14H21N3O/c1-2-7-15-8-9-16-14(18)13-6-5-12(10-17-13)11-3-4-11/h5-6,10-11,15H,2-4,7-9H2,1H3,(H,16,18). The van der Waals surface area contributed by atoms with Crippen LogP contribution in [0.1, 0.15) is 48.2 Å². The van der Waals surface area contributed by atoms with Crippen LogP contribution in [0.3, 0.4) is 0 Å². The average Bonchev–Trinajstić information content (AvgIpc) is 3.23. The third-order valence-corrected chi connectivity index (χ3v) is 3.08. The van der Waals surface area contributed by atoms with Gasteiger partial charge < -0.3 is 10.6 Å². The maximum atomic E-state index is 11.8. The van der Waals surface area contributed by atoms with E-state index in [0.29, 0.717) is 18.2 Å². The molecule has 1 amide bonds. The van der Waals surface area contributed by atoms with Crippen LogP contribution in [0.15, 0.2) is 18.3 Å². The number of rotatable bonds is 7. The summed E-state index contributed by atoms with van der Waals surface area (Å²) in [5, 5.41) is 6.10. The number of carbonyl (C=O) groups excluding carboxylic acids is 1. The number of hydrogen-bond donors (Lipinski definition) is 2. The normalized spacial score (nSPS) is 14.5. The number of aromatic nitrogens is 1. The fourth-order valence-electron chi connectivity index (χ4n) is 1.85. The molecule has 1 heterocycles. The predicted octanol–water partition coefficient (Wildman–Crippen LogP) is 1.69. The molecule has 0 aliphatic heterocycles. The Morgan fingerprint density at radius 3 is 2.78 bits per heavy atom. The molecular formula is C14H21N3O. The Kier molecular flexibility index (Phi) is 4.70. The van der Waals surface area contributed by atoms with Crippen LogP contribution in [0.5, 0.6) is 0 Å². The predicted molar refractivity (Wildman–Crippen MR) is 71.7 cm³/mol. The summed E-state index contributed by atoms with van der Waals surface area (Å²) in [6.45, 7) is 4.56. The summed E-state index contributed by atoms with van der Waals surface area (Å²) >= 11 is 0. The maximum absolute atomic E-state index is 11.8. The smallest absolute Gasteiger partial charge is 0.269 e. The molecule has 1 aromatic heterocycles. The highest BCUT2D eigenvalue weighted by atomic mass is 16.1. The molecule has 0 aromatic carbocycles. The number of hydrogen-bond acceptors (Lipinski definition) is 3. The topological polar surface area (TPSA) is 54.0 Å². The van der Waals surface area contributed by atoms with Crippen LogP contribution in [0, 0.1) is 0 Å². The Labute approximate surface area is 108 Å². The van der Waals surface area contributed by atoms with Crippen LogP contribution in [0.25, 0.3) is 0 Å². The van der Waals surface area contributed by atoms with E-state index in [-0.39, 0.29) is 5.91 Å². The van der Waals surface area contributed by atoms with Crippen molar-refractivity contribution in [2.24, 2.45) is 0 Å². The van der Waals surface area contributed by atoms with E-state index in [4.69, 9.17) is 0 Å². The van der Waals surface area contributed by atoms with Crippen molar-refractivity contribution in [3.8, 4) is 0 Å². The molecule has 1 saturated carbocycles. The van der Waals surface area contributed by atoms with Crippen LogP contribution in [-0.4, -0.2) is 30.5 Å². The number of pyridine rings is 1. The van der Waals surface area contributed by atoms with Gasteiger partial charge in [-0.25, -0.2) is 0 Å². The zero-order valence-electron chi connectivity index (χ0n) is 10.9. The van der Waals surface area contributed by atoms with E-state index < -0.39 is 0 Å². The lowest BCUT2D eigenvalue weighted by Crippen LogP contribution is -2.32. The van der Waals surface area contributed by atoms with Crippen LogP contribution < -0.4 is 10.6 Å².